The van der Waals surface area contributed by atoms with Crippen molar-refractivity contribution >= 4 is 11.6 Å². The molecule has 0 spiro atoms. The predicted molar refractivity (Wildman–Crippen MR) is 77.3 cm³/mol. The summed E-state index contributed by atoms with van der Waals surface area (Å²) in [6, 6.07) is 1.95. The highest BCUT2D eigenvalue weighted by atomic mass is 16.5. The Morgan fingerprint density at radius 3 is 2.68 bits per heavy atom. The molecule has 0 aliphatic carbocycles. The van der Waals surface area contributed by atoms with E-state index in [-0.39, 0.29) is 11.9 Å². The Balaban J connectivity index is 2.84. The molecule has 2 N–H and O–H groups in total. The van der Waals surface area contributed by atoms with Gasteiger partial charge in [0.25, 0.3) is 5.91 Å². The van der Waals surface area contributed by atoms with E-state index in [0.29, 0.717) is 37.7 Å². The first-order chi connectivity index (χ1) is 9.01. The van der Waals surface area contributed by atoms with Gasteiger partial charge < -0.3 is 19.9 Å². The number of hydrogen-bond donors (Lipinski definition) is 1. The zero-order valence-corrected chi connectivity index (χ0v) is 12.3. The number of aromatic nitrogens is 1. The normalized spacial score (nSPS) is 11.0. The maximum absolute atomic E-state index is 12.5. The molecule has 108 valence electrons. The number of nitrogens with two attached hydrogens (primary N) is 1. The molecule has 0 fully saturated rings. The molecule has 1 rings (SSSR count). The summed E-state index contributed by atoms with van der Waals surface area (Å²) in [5.74, 6) is 0.00704. The van der Waals surface area contributed by atoms with Gasteiger partial charge in [0.2, 0.25) is 0 Å². The lowest BCUT2D eigenvalue weighted by atomic mass is 10.3. The van der Waals surface area contributed by atoms with Gasteiger partial charge in [-0.15, -0.1) is 0 Å². The number of anilines is 1. The average molecular weight is 267 g/mol. The highest BCUT2D eigenvalue weighted by molar-refractivity contribution is 5.93. The van der Waals surface area contributed by atoms with Gasteiger partial charge in [-0.1, -0.05) is 0 Å². The Hall–Kier alpha value is -1.49. The molecule has 19 heavy (non-hydrogen) atoms. The van der Waals surface area contributed by atoms with Crippen LogP contribution in [0.25, 0.3) is 0 Å². The van der Waals surface area contributed by atoms with E-state index in [1.165, 1.54) is 0 Å². The number of hydrogen-bond acceptors (Lipinski definition) is 3. The topological polar surface area (TPSA) is 60.5 Å². The van der Waals surface area contributed by atoms with Gasteiger partial charge in [0.15, 0.2) is 0 Å². The van der Waals surface area contributed by atoms with Crippen molar-refractivity contribution in [1.82, 2.24) is 9.47 Å². The van der Waals surface area contributed by atoms with Gasteiger partial charge in [0.05, 0.1) is 12.3 Å². The van der Waals surface area contributed by atoms with Crippen LogP contribution in [-0.4, -0.2) is 41.7 Å². The van der Waals surface area contributed by atoms with Crippen molar-refractivity contribution < 1.29 is 9.53 Å². The minimum Gasteiger partial charge on any atom is -0.397 e. The van der Waals surface area contributed by atoms with Crippen molar-refractivity contribution in [1.29, 1.82) is 0 Å². The fourth-order valence-corrected chi connectivity index (χ4v) is 1.98. The number of nitrogen functional groups attached to an aromatic ring is 1. The van der Waals surface area contributed by atoms with Crippen molar-refractivity contribution in [2.24, 2.45) is 0 Å². The molecular weight excluding hydrogens is 242 g/mol. The largest absolute Gasteiger partial charge is 0.397 e. The molecule has 0 saturated carbocycles. The third kappa shape index (κ3) is 3.99. The molecule has 5 nitrogen and oxygen atoms in total. The molecule has 0 radical (unpaired) electrons. The maximum atomic E-state index is 12.5. The van der Waals surface area contributed by atoms with Crippen LogP contribution in [0.15, 0.2) is 12.3 Å². The second-order valence-electron chi connectivity index (χ2n) is 4.74. The SMILES string of the molecule is CCOCCN(CC)C(=O)c1cc(N)cn1C(C)C. The lowest BCUT2D eigenvalue weighted by Gasteiger charge is -2.22. The Morgan fingerprint density at radius 2 is 2.16 bits per heavy atom. The number of nitrogens with zero attached hydrogens (tertiary/aromatic N) is 2. The van der Waals surface area contributed by atoms with Crippen LogP contribution >= 0.6 is 0 Å². The van der Waals surface area contributed by atoms with E-state index in [1.807, 2.05) is 38.5 Å². The Labute approximate surface area is 115 Å². The molecule has 0 atom stereocenters. The Bertz CT molecular complexity index is 413. The van der Waals surface area contributed by atoms with Crippen molar-refractivity contribution in [2.45, 2.75) is 33.7 Å². The molecule has 0 saturated heterocycles. The molecular formula is C14H25N3O2. The van der Waals surface area contributed by atoms with Crippen molar-refractivity contribution in [3.05, 3.63) is 18.0 Å². The number of ether oxygens (including phenoxy) is 1. The quantitative estimate of drug-likeness (QED) is 0.770. The maximum Gasteiger partial charge on any atom is 0.270 e. The molecule has 0 bridgehead atoms. The molecule has 0 aromatic carbocycles. The second-order valence-corrected chi connectivity index (χ2v) is 4.74. The van der Waals surface area contributed by atoms with Gasteiger partial charge in [-0.25, -0.2) is 0 Å². The summed E-state index contributed by atoms with van der Waals surface area (Å²) in [6.07, 6.45) is 1.81. The molecule has 1 amide bonds. The Morgan fingerprint density at radius 1 is 1.47 bits per heavy atom. The van der Waals surface area contributed by atoms with Crippen molar-refractivity contribution in [3.8, 4) is 0 Å². The standard InChI is InChI=1S/C14H25N3O2/c1-5-16(7-8-19-6-2)14(18)13-9-12(15)10-17(13)11(3)4/h9-11H,5-8,15H2,1-4H3. The van der Waals surface area contributed by atoms with Crippen molar-refractivity contribution in [2.75, 3.05) is 32.0 Å². The van der Waals surface area contributed by atoms with Gasteiger partial charge in [-0.2, -0.15) is 0 Å². The number of carbonyl (C=O) groups is 1. The number of amides is 1. The summed E-state index contributed by atoms with van der Waals surface area (Å²) in [6.45, 7) is 10.5. The van der Waals surface area contributed by atoms with Crippen molar-refractivity contribution in [3.63, 3.8) is 0 Å². The molecule has 0 aliphatic rings. The Kier molecular flexibility index (Phi) is 5.89. The van der Waals surface area contributed by atoms with Gasteiger partial charge in [0, 0.05) is 31.9 Å². The second kappa shape index (κ2) is 7.19. The van der Waals surface area contributed by atoms with E-state index >= 15 is 0 Å². The molecule has 1 heterocycles. The molecule has 0 unspecified atom stereocenters. The van der Waals surface area contributed by atoms with Crippen LogP contribution in [0.1, 0.15) is 44.2 Å². The minimum absolute atomic E-state index is 0.00704. The summed E-state index contributed by atoms with van der Waals surface area (Å²) >= 11 is 0. The van der Waals surface area contributed by atoms with E-state index in [1.54, 1.807) is 11.0 Å². The van der Waals surface area contributed by atoms with Crippen LogP contribution in [-0.2, 0) is 4.74 Å². The molecule has 1 aromatic heterocycles. The predicted octanol–water partition coefficient (Wildman–Crippen LogP) is 2.15. The number of likely N-dealkylation sites (N-methyl/N-ethyl adjacent to an activating group) is 1. The fraction of sp³-hybridized carbons (Fsp3) is 0.643. The number of carbonyl (C=O) groups excluding carboxylic acids is 1. The van der Waals surface area contributed by atoms with Crippen LogP contribution in [0.2, 0.25) is 0 Å². The zero-order chi connectivity index (χ0) is 14.4. The third-order valence-corrected chi connectivity index (χ3v) is 3.02. The average Bonchev–Trinajstić information content (AvgIpc) is 2.76. The van der Waals surface area contributed by atoms with Crippen LogP contribution in [0, 0.1) is 0 Å². The lowest BCUT2D eigenvalue weighted by Crippen LogP contribution is -2.35. The van der Waals surface area contributed by atoms with Crippen LogP contribution in [0.4, 0.5) is 5.69 Å². The van der Waals surface area contributed by atoms with Gasteiger partial charge in [-0.05, 0) is 33.8 Å². The van der Waals surface area contributed by atoms with E-state index in [4.69, 9.17) is 10.5 Å². The summed E-state index contributed by atoms with van der Waals surface area (Å²) in [7, 11) is 0. The zero-order valence-electron chi connectivity index (χ0n) is 12.3. The van der Waals surface area contributed by atoms with Gasteiger partial charge in [0.1, 0.15) is 5.69 Å². The van der Waals surface area contributed by atoms with E-state index in [2.05, 4.69) is 0 Å². The van der Waals surface area contributed by atoms with Crippen LogP contribution in [0.3, 0.4) is 0 Å². The van der Waals surface area contributed by atoms with Gasteiger partial charge in [-0.3, -0.25) is 4.79 Å². The third-order valence-electron chi connectivity index (χ3n) is 3.02. The monoisotopic (exact) mass is 267 g/mol. The lowest BCUT2D eigenvalue weighted by molar-refractivity contribution is 0.0658. The van der Waals surface area contributed by atoms with E-state index in [0.717, 1.165) is 0 Å². The van der Waals surface area contributed by atoms with E-state index < -0.39 is 0 Å². The minimum atomic E-state index is 0.00704. The smallest absolute Gasteiger partial charge is 0.270 e. The van der Waals surface area contributed by atoms with Crippen LogP contribution in [0.5, 0.6) is 0 Å². The fourth-order valence-electron chi connectivity index (χ4n) is 1.98. The summed E-state index contributed by atoms with van der Waals surface area (Å²) in [5.41, 5.74) is 7.07. The number of rotatable bonds is 7. The first-order valence-electron chi connectivity index (χ1n) is 6.85. The van der Waals surface area contributed by atoms with E-state index in [9.17, 15) is 4.79 Å². The van der Waals surface area contributed by atoms with Crippen LogP contribution < -0.4 is 5.73 Å². The highest BCUT2D eigenvalue weighted by Gasteiger charge is 2.19. The highest BCUT2D eigenvalue weighted by Crippen LogP contribution is 2.18. The molecule has 5 heteroatoms. The molecule has 1 aromatic rings. The molecule has 0 aliphatic heterocycles. The first-order valence-corrected chi connectivity index (χ1v) is 6.85. The summed E-state index contributed by atoms with van der Waals surface area (Å²) in [5, 5.41) is 0. The summed E-state index contributed by atoms with van der Waals surface area (Å²) < 4.78 is 7.23. The summed E-state index contributed by atoms with van der Waals surface area (Å²) in [4.78, 5) is 14.3. The van der Waals surface area contributed by atoms with Gasteiger partial charge >= 0.3 is 0 Å². The first kappa shape index (κ1) is 15.6.